The molecule has 10 heteroatoms. The average molecular weight is 655 g/mol. The maximum absolute atomic E-state index is 12.5. The Morgan fingerprint density at radius 3 is 2.26 bits per heavy atom. The van der Waals surface area contributed by atoms with Crippen molar-refractivity contribution in [2.75, 3.05) is 27.4 Å². The number of piperidine rings is 1. The summed E-state index contributed by atoms with van der Waals surface area (Å²) in [7, 11) is 3.35. The quantitative estimate of drug-likeness (QED) is 0.185. The molecule has 0 spiro atoms. The average Bonchev–Trinajstić information content (AvgIpc) is 2.97. The van der Waals surface area contributed by atoms with Gasteiger partial charge in [-0.15, -0.1) is 0 Å². The fourth-order valence-corrected chi connectivity index (χ4v) is 9.03. The molecule has 1 saturated heterocycles. The molecule has 0 aromatic heterocycles. The fraction of sp³-hybridized carbons (Fsp3) is 0.944. The molecule has 10 nitrogen and oxygen atoms in total. The molecule has 3 aliphatic rings. The zero-order chi connectivity index (χ0) is 33.8. The van der Waals surface area contributed by atoms with E-state index in [1.54, 1.807) is 14.2 Å². The molecule has 268 valence electrons. The molecule has 1 aliphatic heterocycles. The maximum atomic E-state index is 12.5. The zero-order valence-corrected chi connectivity index (χ0v) is 29.5. The summed E-state index contributed by atoms with van der Waals surface area (Å²) in [6, 6.07) is 0. The van der Waals surface area contributed by atoms with Gasteiger partial charge in [0.1, 0.15) is 12.2 Å². The van der Waals surface area contributed by atoms with Crippen molar-refractivity contribution in [2.24, 2.45) is 47.2 Å². The Hall–Kier alpha value is -1.30. The van der Waals surface area contributed by atoms with Crippen LogP contribution in [0.5, 0.6) is 0 Å². The van der Waals surface area contributed by atoms with Gasteiger partial charge >= 0.3 is 11.9 Å². The predicted octanol–water partition coefficient (Wildman–Crippen LogP) is 4.57. The van der Waals surface area contributed by atoms with Crippen molar-refractivity contribution in [1.82, 2.24) is 5.32 Å². The van der Waals surface area contributed by atoms with Crippen LogP contribution < -0.4 is 11.1 Å². The van der Waals surface area contributed by atoms with Gasteiger partial charge < -0.3 is 40.2 Å². The molecule has 5 N–H and O–H groups in total. The molecule has 3 rings (SSSR count). The molecule has 0 aromatic rings. The van der Waals surface area contributed by atoms with E-state index in [1.807, 2.05) is 0 Å². The third-order valence-electron chi connectivity index (χ3n) is 11.2. The van der Waals surface area contributed by atoms with Gasteiger partial charge in [0.25, 0.3) is 0 Å². The second-order valence-electron chi connectivity index (χ2n) is 15.2. The molecule has 0 amide bonds. The van der Waals surface area contributed by atoms with Gasteiger partial charge in [-0.1, -0.05) is 20.3 Å². The van der Waals surface area contributed by atoms with E-state index in [0.29, 0.717) is 56.0 Å². The van der Waals surface area contributed by atoms with E-state index in [-0.39, 0.29) is 42.0 Å². The smallest absolute Gasteiger partial charge is 0.302 e. The summed E-state index contributed by atoms with van der Waals surface area (Å²) in [4.78, 5) is 24.9. The molecule has 46 heavy (non-hydrogen) atoms. The molecule has 0 aromatic carbocycles. The molecular weight excluding hydrogens is 588 g/mol. The zero-order valence-electron chi connectivity index (χ0n) is 29.5. The Kier molecular flexibility index (Phi) is 16.7. The van der Waals surface area contributed by atoms with Crippen molar-refractivity contribution in [3.8, 4) is 0 Å². The number of aliphatic hydroxyl groups is 2. The number of aliphatic hydroxyl groups excluding tert-OH is 2. The first kappa shape index (κ1) is 39.1. The molecule has 12 atom stereocenters. The van der Waals surface area contributed by atoms with Gasteiger partial charge in [0, 0.05) is 41.1 Å². The SMILES string of the molecule is COCCC1CCC(CC(C)C)CC(C(CC(CCC2CC(OC)C(O)CC2C2CCNC(N)C2)OC(C)=O)OC(C)=O)CC1O. The summed E-state index contributed by atoms with van der Waals surface area (Å²) in [5.41, 5.74) is 6.29. The normalized spacial score (nSPS) is 35.5. The maximum Gasteiger partial charge on any atom is 0.302 e. The van der Waals surface area contributed by atoms with E-state index in [9.17, 15) is 19.8 Å². The number of carbonyl (C=O) groups excluding carboxylic acids is 2. The van der Waals surface area contributed by atoms with Crippen molar-refractivity contribution in [2.45, 2.75) is 148 Å². The Balaban J connectivity index is 1.81. The standard InChI is InChI=1S/C36H66N2O8/c1-22(2)15-25-7-8-26(12-14-43-5)32(41)17-29(16-25)34(46-24(4)40)20-30(45-23(3)39)10-9-27-18-35(44-6)33(42)21-31(27)28-11-13-38-36(37)19-28/h22,25-36,38,41-42H,7-21,37H2,1-6H3. The molecule has 2 aliphatic carbocycles. The van der Waals surface area contributed by atoms with Crippen LogP contribution >= 0.6 is 0 Å². The highest BCUT2D eigenvalue weighted by Crippen LogP contribution is 2.43. The lowest BCUT2D eigenvalue weighted by Gasteiger charge is -2.45. The van der Waals surface area contributed by atoms with Crippen LogP contribution in [0.15, 0.2) is 0 Å². The van der Waals surface area contributed by atoms with Gasteiger partial charge in [-0.25, -0.2) is 0 Å². The number of ether oxygens (including phenoxy) is 4. The van der Waals surface area contributed by atoms with Crippen molar-refractivity contribution in [1.29, 1.82) is 0 Å². The van der Waals surface area contributed by atoms with Crippen molar-refractivity contribution >= 4 is 11.9 Å². The second-order valence-corrected chi connectivity index (χ2v) is 15.2. The van der Waals surface area contributed by atoms with Gasteiger partial charge in [0.15, 0.2) is 0 Å². The Labute approximate surface area is 278 Å². The highest BCUT2D eigenvalue weighted by Gasteiger charge is 2.42. The predicted molar refractivity (Wildman–Crippen MR) is 178 cm³/mol. The van der Waals surface area contributed by atoms with E-state index in [1.165, 1.54) is 13.8 Å². The van der Waals surface area contributed by atoms with Crippen LogP contribution in [0.3, 0.4) is 0 Å². The van der Waals surface area contributed by atoms with Crippen LogP contribution in [0.1, 0.15) is 111 Å². The summed E-state index contributed by atoms with van der Waals surface area (Å²) in [6.07, 6.45) is 8.26. The Morgan fingerprint density at radius 1 is 0.891 bits per heavy atom. The minimum Gasteiger partial charge on any atom is -0.462 e. The highest BCUT2D eigenvalue weighted by atomic mass is 16.6. The summed E-state index contributed by atoms with van der Waals surface area (Å²) < 4.78 is 23.0. The van der Waals surface area contributed by atoms with Crippen molar-refractivity contribution in [3.63, 3.8) is 0 Å². The van der Waals surface area contributed by atoms with Gasteiger partial charge in [-0.05, 0) is 119 Å². The second kappa shape index (κ2) is 19.6. The molecular formula is C36H66N2O8. The topological polar surface area (TPSA) is 150 Å². The minimum absolute atomic E-state index is 0.0392. The molecule has 3 fully saturated rings. The lowest BCUT2D eigenvalue weighted by molar-refractivity contribution is -0.157. The van der Waals surface area contributed by atoms with E-state index in [4.69, 9.17) is 24.7 Å². The molecule has 1 heterocycles. The number of hydrogen-bond donors (Lipinski definition) is 4. The van der Waals surface area contributed by atoms with Crippen LogP contribution in [-0.4, -0.2) is 86.2 Å². The van der Waals surface area contributed by atoms with Gasteiger partial charge in [-0.2, -0.15) is 0 Å². The van der Waals surface area contributed by atoms with E-state index in [2.05, 4.69) is 19.2 Å². The molecule has 12 unspecified atom stereocenters. The van der Waals surface area contributed by atoms with Crippen LogP contribution in [-0.2, 0) is 28.5 Å². The first-order valence-corrected chi connectivity index (χ1v) is 18.1. The first-order valence-electron chi connectivity index (χ1n) is 18.1. The van der Waals surface area contributed by atoms with Crippen LogP contribution in [0.2, 0.25) is 0 Å². The Bertz CT molecular complexity index is 905. The lowest BCUT2D eigenvalue weighted by Crippen LogP contribution is -2.49. The van der Waals surface area contributed by atoms with Crippen molar-refractivity contribution < 1.29 is 38.7 Å². The first-order chi connectivity index (χ1) is 21.9. The van der Waals surface area contributed by atoms with Gasteiger partial charge in [-0.3, -0.25) is 9.59 Å². The number of rotatable bonds is 15. The number of carbonyl (C=O) groups is 2. The monoisotopic (exact) mass is 654 g/mol. The number of hydrogen-bond acceptors (Lipinski definition) is 10. The minimum atomic E-state index is -0.512. The summed E-state index contributed by atoms with van der Waals surface area (Å²) >= 11 is 0. The number of esters is 2. The number of nitrogens with one attached hydrogen (secondary N) is 1. The van der Waals surface area contributed by atoms with Gasteiger partial charge in [0.2, 0.25) is 0 Å². The van der Waals surface area contributed by atoms with Crippen LogP contribution in [0.4, 0.5) is 0 Å². The van der Waals surface area contributed by atoms with Crippen molar-refractivity contribution in [3.05, 3.63) is 0 Å². The van der Waals surface area contributed by atoms with E-state index < -0.39 is 24.4 Å². The van der Waals surface area contributed by atoms with Crippen LogP contribution in [0, 0.1) is 41.4 Å². The third-order valence-corrected chi connectivity index (χ3v) is 11.2. The summed E-state index contributed by atoms with van der Waals surface area (Å²) in [5.74, 6) is 1.39. The number of methoxy groups -OCH3 is 2. The highest BCUT2D eigenvalue weighted by molar-refractivity contribution is 5.66. The molecule has 2 saturated carbocycles. The van der Waals surface area contributed by atoms with Gasteiger partial charge in [0.05, 0.1) is 24.5 Å². The lowest BCUT2D eigenvalue weighted by atomic mass is 9.66. The van der Waals surface area contributed by atoms with E-state index in [0.717, 1.165) is 64.3 Å². The molecule has 0 radical (unpaired) electrons. The van der Waals surface area contributed by atoms with E-state index >= 15 is 0 Å². The third kappa shape index (κ3) is 12.6. The fourth-order valence-electron chi connectivity index (χ4n) is 9.03. The van der Waals surface area contributed by atoms with Crippen LogP contribution in [0.25, 0.3) is 0 Å². The molecule has 0 bridgehead atoms. The number of nitrogens with two attached hydrogens (primary N) is 1. The summed E-state index contributed by atoms with van der Waals surface area (Å²) in [6.45, 7) is 8.84. The largest absolute Gasteiger partial charge is 0.462 e. The summed E-state index contributed by atoms with van der Waals surface area (Å²) in [5, 5.41) is 25.6. The Morgan fingerprint density at radius 2 is 1.63 bits per heavy atom.